The standard InChI is InChI=1S/C16H22FNO3/c1-2-3-11-5-7-16(19)13(8-11)9-12-4-6-15(18(20)21)14(17)10-12/h4,6,10-11,13,16,19H,2-3,5,7-9H2,1H3. The van der Waals surface area contributed by atoms with Crippen molar-refractivity contribution in [1.82, 2.24) is 0 Å². The van der Waals surface area contributed by atoms with Crippen molar-refractivity contribution in [2.75, 3.05) is 0 Å². The lowest BCUT2D eigenvalue weighted by molar-refractivity contribution is -0.387. The number of hydrogen-bond donors (Lipinski definition) is 1. The van der Waals surface area contributed by atoms with Crippen molar-refractivity contribution in [3.8, 4) is 0 Å². The van der Waals surface area contributed by atoms with Crippen LogP contribution in [0.5, 0.6) is 0 Å². The molecule has 1 aliphatic carbocycles. The number of nitro groups is 1. The topological polar surface area (TPSA) is 63.4 Å². The summed E-state index contributed by atoms with van der Waals surface area (Å²) in [7, 11) is 0. The normalized spacial score (nSPS) is 25.8. The average molecular weight is 295 g/mol. The zero-order valence-corrected chi connectivity index (χ0v) is 12.3. The van der Waals surface area contributed by atoms with E-state index in [1.165, 1.54) is 12.1 Å². The van der Waals surface area contributed by atoms with Crippen LogP contribution >= 0.6 is 0 Å². The lowest BCUT2D eigenvalue weighted by Gasteiger charge is -2.33. The number of halogens is 1. The minimum Gasteiger partial charge on any atom is -0.393 e. The largest absolute Gasteiger partial charge is 0.393 e. The van der Waals surface area contributed by atoms with Crippen LogP contribution in [0.15, 0.2) is 18.2 Å². The highest BCUT2D eigenvalue weighted by atomic mass is 19.1. The second-order valence-electron chi connectivity index (χ2n) is 6.04. The Bertz CT molecular complexity index is 506. The van der Waals surface area contributed by atoms with Crippen LogP contribution in [0.4, 0.5) is 10.1 Å². The Balaban J connectivity index is 2.05. The first kappa shape index (κ1) is 15.9. The fraction of sp³-hybridized carbons (Fsp3) is 0.625. The van der Waals surface area contributed by atoms with Gasteiger partial charge in [0, 0.05) is 6.07 Å². The maximum atomic E-state index is 13.6. The molecule has 1 N–H and O–H groups in total. The van der Waals surface area contributed by atoms with Gasteiger partial charge < -0.3 is 5.11 Å². The number of benzene rings is 1. The minimum absolute atomic E-state index is 0.121. The smallest absolute Gasteiger partial charge is 0.304 e. The van der Waals surface area contributed by atoms with Gasteiger partial charge in [0.05, 0.1) is 11.0 Å². The zero-order valence-electron chi connectivity index (χ0n) is 12.3. The lowest BCUT2D eigenvalue weighted by atomic mass is 9.75. The third-order valence-electron chi connectivity index (χ3n) is 4.45. The highest BCUT2D eigenvalue weighted by Gasteiger charge is 2.29. The first-order valence-corrected chi connectivity index (χ1v) is 7.62. The molecule has 0 radical (unpaired) electrons. The van der Waals surface area contributed by atoms with Gasteiger partial charge in [0.25, 0.3) is 0 Å². The Morgan fingerprint density at radius 3 is 2.81 bits per heavy atom. The van der Waals surface area contributed by atoms with E-state index in [4.69, 9.17) is 0 Å². The van der Waals surface area contributed by atoms with Crippen molar-refractivity contribution in [2.45, 2.75) is 51.6 Å². The second kappa shape index (κ2) is 6.98. The summed E-state index contributed by atoms with van der Waals surface area (Å²) in [6.07, 6.45) is 5.34. The van der Waals surface area contributed by atoms with Crippen molar-refractivity contribution >= 4 is 5.69 Å². The number of nitro benzene ring substituents is 1. The molecule has 21 heavy (non-hydrogen) atoms. The van der Waals surface area contributed by atoms with Crippen LogP contribution in [0.3, 0.4) is 0 Å². The molecule has 1 aromatic carbocycles. The zero-order chi connectivity index (χ0) is 15.4. The van der Waals surface area contributed by atoms with Gasteiger partial charge in [0.1, 0.15) is 0 Å². The summed E-state index contributed by atoms with van der Waals surface area (Å²) in [4.78, 5) is 9.90. The molecule has 4 nitrogen and oxygen atoms in total. The van der Waals surface area contributed by atoms with Crippen LogP contribution in [-0.4, -0.2) is 16.1 Å². The van der Waals surface area contributed by atoms with Gasteiger partial charge in [-0.3, -0.25) is 10.1 Å². The summed E-state index contributed by atoms with van der Waals surface area (Å²) in [5.41, 5.74) is 0.228. The fourth-order valence-corrected chi connectivity index (χ4v) is 3.36. The van der Waals surface area contributed by atoms with E-state index in [9.17, 15) is 19.6 Å². The number of nitrogens with zero attached hydrogens (tertiary/aromatic N) is 1. The maximum absolute atomic E-state index is 13.6. The van der Waals surface area contributed by atoms with Gasteiger partial charge in [0.15, 0.2) is 0 Å². The van der Waals surface area contributed by atoms with Crippen molar-refractivity contribution in [2.24, 2.45) is 11.8 Å². The molecule has 1 fully saturated rings. The molecule has 0 heterocycles. The molecule has 3 atom stereocenters. The van der Waals surface area contributed by atoms with Gasteiger partial charge in [-0.25, -0.2) is 0 Å². The van der Waals surface area contributed by atoms with E-state index in [-0.39, 0.29) is 12.0 Å². The molecular weight excluding hydrogens is 273 g/mol. The molecule has 1 aromatic rings. The summed E-state index contributed by atoms with van der Waals surface area (Å²) in [6.45, 7) is 2.16. The monoisotopic (exact) mass is 295 g/mol. The van der Waals surface area contributed by atoms with E-state index in [1.54, 1.807) is 6.07 Å². The van der Waals surface area contributed by atoms with Gasteiger partial charge in [-0.2, -0.15) is 4.39 Å². The van der Waals surface area contributed by atoms with Crippen molar-refractivity contribution in [3.05, 3.63) is 39.7 Å². The minimum atomic E-state index is -0.798. The molecule has 1 aliphatic rings. The summed E-state index contributed by atoms with van der Waals surface area (Å²) < 4.78 is 13.6. The number of rotatable bonds is 5. The predicted molar refractivity (Wildman–Crippen MR) is 78.5 cm³/mol. The molecule has 0 saturated heterocycles. The molecule has 2 rings (SSSR count). The van der Waals surface area contributed by atoms with Crippen LogP contribution in [-0.2, 0) is 6.42 Å². The van der Waals surface area contributed by atoms with E-state index in [2.05, 4.69) is 6.92 Å². The summed E-state index contributed by atoms with van der Waals surface area (Å²) in [5, 5.41) is 20.7. The van der Waals surface area contributed by atoms with Gasteiger partial charge in [-0.1, -0.05) is 25.8 Å². The van der Waals surface area contributed by atoms with E-state index >= 15 is 0 Å². The molecule has 0 bridgehead atoms. The van der Waals surface area contributed by atoms with Gasteiger partial charge in [0.2, 0.25) is 5.82 Å². The molecule has 5 heteroatoms. The van der Waals surface area contributed by atoms with Gasteiger partial charge in [-0.15, -0.1) is 0 Å². The Labute approximate surface area is 124 Å². The molecule has 0 amide bonds. The van der Waals surface area contributed by atoms with Crippen LogP contribution in [0.2, 0.25) is 0 Å². The summed E-state index contributed by atoms with van der Waals surface area (Å²) >= 11 is 0. The molecule has 1 saturated carbocycles. The van der Waals surface area contributed by atoms with Crippen LogP contribution in [0.1, 0.15) is 44.6 Å². The SMILES string of the molecule is CCCC1CCC(O)C(Cc2ccc([N+](=O)[O-])c(F)c2)C1. The first-order chi connectivity index (χ1) is 10.0. The Kier molecular flexibility index (Phi) is 5.28. The van der Waals surface area contributed by atoms with E-state index in [0.717, 1.165) is 37.7 Å². The molecule has 0 spiro atoms. The van der Waals surface area contributed by atoms with Crippen LogP contribution in [0, 0.1) is 27.8 Å². The Hall–Kier alpha value is -1.49. The van der Waals surface area contributed by atoms with Gasteiger partial charge >= 0.3 is 5.69 Å². The quantitative estimate of drug-likeness (QED) is 0.663. The van der Waals surface area contributed by atoms with Crippen molar-refractivity contribution in [3.63, 3.8) is 0 Å². The number of hydrogen-bond acceptors (Lipinski definition) is 3. The predicted octanol–water partition coefficient (Wildman–Crippen LogP) is 3.85. The van der Waals surface area contributed by atoms with Crippen LogP contribution < -0.4 is 0 Å². The second-order valence-corrected chi connectivity index (χ2v) is 6.04. The number of aliphatic hydroxyl groups excluding tert-OH is 1. The third-order valence-corrected chi connectivity index (χ3v) is 4.45. The van der Waals surface area contributed by atoms with Crippen molar-refractivity contribution in [1.29, 1.82) is 0 Å². The molecule has 0 aromatic heterocycles. The molecular formula is C16H22FNO3. The summed E-state index contributed by atoms with van der Waals surface area (Å²) in [5.74, 6) is -0.0460. The molecule has 116 valence electrons. The lowest BCUT2D eigenvalue weighted by Crippen LogP contribution is -2.30. The van der Waals surface area contributed by atoms with Gasteiger partial charge in [-0.05, 0) is 49.1 Å². The highest BCUT2D eigenvalue weighted by molar-refractivity contribution is 5.35. The van der Waals surface area contributed by atoms with E-state index < -0.39 is 16.4 Å². The Morgan fingerprint density at radius 1 is 1.43 bits per heavy atom. The average Bonchev–Trinajstić information content (AvgIpc) is 2.42. The van der Waals surface area contributed by atoms with E-state index in [1.807, 2.05) is 0 Å². The third kappa shape index (κ3) is 4.00. The van der Waals surface area contributed by atoms with E-state index in [0.29, 0.717) is 12.3 Å². The first-order valence-electron chi connectivity index (χ1n) is 7.62. The number of aliphatic hydroxyl groups is 1. The Morgan fingerprint density at radius 2 is 2.19 bits per heavy atom. The van der Waals surface area contributed by atoms with Crippen molar-refractivity contribution < 1.29 is 14.4 Å². The molecule has 0 aliphatic heterocycles. The fourth-order valence-electron chi connectivity index (χ4n) is 3.36. The molecule has 3 unspecified atom stereocenters. The maximum Gasteiger partial charge on any atom is 0.304 e. The highest BCUT2D eigenvalue weighted by Crippen LogP contribution is 2.34. The summed E-state index contributed by atoms with van der Waals surface area (Å²) in [6, 6.07) is 4.04. The van der Waals surface area contributed by atoms with Crippen LogP contribution in [0.25, 0.3) is 0 Å².